The summed E-state index contributed by atoms with van der Waals surface area (Å²) in [5.74, 6) is -0.422. The molecule has 0 saturated carbocycles. The molecule has 2 rings (SSSR count). The maximum atomic E-state index is 13.0. The SMILES string of the molecule is CC(C)CCNC(=O)c1ccccc1NS(=O)(=O)c1ccc(F)cc1. The fourth-order valence-corrected chi connectivity index (χ4v) is 3.24. The minimum Gasteiger partial charge on any atom is -0.352 e. The fraction of sp³-hybridized carbons (Fsp3) is 0.278. The molecule has 0 aliphatic heterocycles. The topological polar surface area (TPSA) is 75.3 Å². The summed E-state index contributed by atoms with van der Waals surface area (Å²) in [6, 6.07) is 10.8. The van der Waals surface area contributed by atoms with E-state index in [-0.39, 0.29) is 22.1 Å². The van der Waals surface area contributed by atoms with Crippen molar-refractivity contribution in [3.05, 3.63) is 59.9 Å². The number of amides is 1. The Balaban J connectivity index is 2.20. The third kappa shape index (κ3) is 5.29. The van der Waals surface area contributed by atoms with E-state index in [1.54, 1.807) is 18.2 Å². The van der Waals surface area contributed by atoms with Gasteiger partial charge in [0.1, 0.15) is 5.82 Å². The summed E-state index contributed by atoms with van der Waals surface area (Å²) in [5, 5.41) is 2.78. The second kappa shape index (κ2) is 8.11. The molecule has 1 amide bonds. The molecule has 0 bridgehead atoms. The van der Waals surface area contributed by atoms with Crippen molar-refractivity contribution in [2.45, 2.75) is 25.2 Å². The van der Waals surface area contributed by atoms with Crippen LogP contribution >= 0.6 is 0 Å². The molecule has 2 N–H and O–H groups in total. The smallest absolute Gasteiger partial charge is 0.261 e. The first-order valence-corrected chi connectivity index (χ1v) is 9.43. The van der Waals surface area contributed by atoms with Gasteiger partial charge in [-0.3, -0.25) is 9.52 Å². The molecule has 7 heteroatoms. The van der Waals surface area contributed by atoms with Crippen LogP contribution in [-0.4, -0.2) is 20.9 Å². The lowest BCUT2D eigenvalue weighted by molar-refractivity contribution is 0.0953. The van der Waals surface area contributed by atoms with Crippen molar-refractivity contribution < 1.29 is 17.6 Å². The van der Waals surface area contributed by atoms with Gasteiger partial charge in [0.05, 0.1) is 16.1 Å². The predicted octanol–water partition coefficient (Wildman–Crippen LogP) is 3.40. The normalized spacial score (nSPS) is 11.4. The van der Waals surface area contributed by atoms with Crippen LogP contribution in [0.2, 0.25) is 0 Å². The monoisotopic (exact) mass is 364 g/mol. The standard InChI is InChI=1S/C18H21FN2O3S/c1-13(2)11-12-20-18(22)16-5-3-4-6-17(16)21-25(23,24)15-9-7-14(19)8-10-15/h3-10,13,21H,11-12H2,1-2H3,(H,20,22). The van der Waals surface area contributed by atoms with Crippen molar-refractivity contribution in [2.24, 2.45) is 5.92 Å². The summed E-state index contributed by atoms with van der Waals surface area (Å²) in [6.45, 7) is 4.61. The molecular weight excluding hydrogens is 343 g/mol. The molecule has 2 aromatic rings. The molecular formula is C18H21FN2O3S. The highest BCUT2D eigenvalue weighted by atomic mass is 32.2. The third-order valence-electron chi connectivity index (χ3n) is 3.55. The zero-order valence-corrected chi connectivity index (χ0v) is 14.9. The van der Waals surface area contributed by atoms with E-state index >= 15 is 0 Å². The number of carbonyl (C=O) groups excluding carboxylic acids is 1. The van der Waals surface area contributed by atoms with Gasteiger partial charge in [-0.25, -0.2) is 12.8 Å². The van der Waals surface area contributed by atoms with Gasteiger partial charge in [0.25, 0.3) is 15.9 Å². The van der Waals surface area contributed by atoms with Crippen LogP contribution < -0.4 is 10.0 Å². The van der Waals surface area contributed by atoms with Gasteiger partial charge >= 0.3 is 0 Å². The van der Waals surface area contributed by atoms with Crippen LogP contribution in [0.15, 0.2) is 53.4 Å². The summed E-state index contributed by atoms with van der Waals surface area (Å²) in [6.07, 6.45) is 0.829. The van der Waals surface area contributed by atoms with Gasteiger partial charge in [0.15, 0.2) is 0 Å². The molecule has 0 spiro atoms. The predicted molar refractivity (Wildman–Crippen MR) is 95.4 cm³/mol. The van der Waals surface area contributed by atoms with E-state index in [2.05, 4.69) is 23.9 Å². The molecule has 5 nitrogen and oxygen atoms in total. The maximum Gasteiger partial charge on any atom is 0.261 e. The zero-order chi connectivity index (χ0) is 18.4. The van der Waals surface area contributed by atoms with Crippen molar-refractivity contribution in [3.8, 4) is 0 Å². The van der Waals surface area contributed by atoms with Gasteiger partial charge < -0.3 is 5.32 Å². The Labute approximate surface area is 147 Å². The summed E-state index contributed by atoms with van der Waals surface area (Å²) in [5.41, 5.74) is 0.408. The highest BCUT2D eigenvalue weighted by Crippen LogP contribution is 2.20. The lowest BCUT2D eigenvalue weighted by Crippen LogP contribution is -2.26. The van der Waals surface area contributed by atoms with E-state index in [0.29, 0.717) is 12.5 Å². The van der Waals surface area contributed by atoms with Gasteiger partial charge in [0, 0.05) is 6.54 Å². The van der Waals surface area contributed by atoms with Crippen LogP contribution in [-0.2, 0) is 10.0 Å². The number of anilines is 1. The number of nitrogens with one attached hydrogen (secondary N) is 2. The number of sulfonamides is 1. The Kier molecular flexibility index (Phi) is 6.14. The van der Waals surface area contributed by atoms with Gasteiger partial charge in [-0.05, 0) is 48.7 Å². The first-order valence-electron chi connectivity index (χ1n) is 7.95. The molecule has 0 aromatic heterocycles. The second-order valence-electron chi connectivity index (χ2n) is 6.04. The van der Waals surface area contributed by atoms with E-state index in [1.165, 1.54) is 18.2 Å². The molecule has 2 aromatic carbocycles. The van der Waals surface area contributed by atoms with Crippen molar-refractivity contribution in [3.63, 3.8) is 0 Å². The van der Waals surface area contributed by atoms with Gasteiger partial charge in [0.2, 0.25) is 0 Å². The molecule has 0 atom stereocenters. The number of carbonyl (C=O) groups is 1. The van der Waals surface area contributed by atoms with Crippen molar-refractivity contribution >= 4 is 21.6 Å². The second-order valence-corrected chi connectivity index (χ2v) is 7.73. The first-order chi connectivity index (χ1) is 11.8. The zero-order valence-electron chi connectivity index (χ0n) is 14.1. The van der Waals surface area contributed by atoms with E-state index in [9.17, 15) is 17.6 Å². The van der Waals surface area contributed by atoms with Crippen molar-refractivity contribution in [1.82, 2.24) is 5.32 Å². The lowest BCUT2D eigenvalue weighted by Gasteiger charge is -2.13. The van der Waals surface area contributed by atoms with Crippen molar-refractivity contribution in [1.29, 1.82) is 0 Å². The Morgan fingerprint density at radius 1 is 1.08 bits per heavy atom. The van der Waals surface area contributed by atoms with Crippen LogP contribution in [0.1, 0.15) is 30.6 Å². The minimum atomic E-state index is -3.92. The largest absolute Gasteiger partial charge is 0.352 e. The number of rotatable bonds is 7. The van der Waals surface area contributed by atoms with Crippen molar-refractivity contribution in [2.75, 3.05) is 11.3 Å². The Morgan fingerprint density at radius 3 is 2.36 bits per heavy atom. The molecule has 0 aliphatic carbocycles. The van der Waals surface area contributed by atoms with Crippen LogP contribution in [0.3, 0.4) is 0 Å². The van der Waals surface area contributed by atoms with Crippen LogP contribution in [0.4, 0.5) is 10.1 Å². The summed E-state index contributed by atoms with van der Waals surface area (Å²) in [7, 11) is -3.92. The number of benzene rings is 2. The van der Waals surface area contributed by atoms with Crippen LogP contribution in [0.5, 0.6) is 0 Å². The molecule has 134 valence electrons. The maximum absolute atomic E-state index is 13.0. The van der Waals surface area contributed by atoms with Gasteiger partial charge in [-0.15, -0.1) is 0 Å². The molecule has 0 radical (unpaired) electrons. The summed E-state index contributed by atoms with van der Waals surface area (Å²) in [4.78, 5) is 12.2. The van der Waals surface area contributed by atoms with Gasteiger partial charge in [-0.2, -0.15) is 0 Å². The summed E-state index contributed by atoms with van der Waals surface area (Å²) >= 11 is 0. The number of hydrogen-bond donors (Lipinski definition) is 2. The highest BCUT2D eigenvalue weighted by molar-refractivity contribution is 7.92. The average molecular weight is 364 g/mol. The molecule has 0 unspecified atom stereocenters. The number of para-hydroxylation sites is 1. The average Bonchev–Trinajstić information content (AvgIpc) is 2.55. The van der Waals surface area contributed by atoms with E-state index in [4.69, 9.17) is 0 Å². The van der Waals surface area contributed by atoms with Gasteiger partial charge in [-0.1, -0.05) is 26.0 Å². The van der Waals surface area contributed by atoms with E-state index in [0.717, 1.165) is 18.6 Å². The highest BCUT2D eigenvalue weighted by Gasteiger charge is 2.18. The van der Waals surface area contributed by atoms with E-state index in [1.807, 2.05) is 0 Å². The quantitative estimate of drug-likeness (QED) is 0.791. The molecule has 0 fully saturated rings. The Morgan fingerprint density at radius 2 is 1.72 bits per heavy atom. The summed E-state index contributed by atoms with van der Waals surface area (Å²) < 4.78 is 40.2. The third-order valence-corrected chi connectivity index (χ3v) is 4.93. The molecule has 0 heterocycles. The van der Waals surface area contributed by atoms with Crippen LogP contribution in [0.25, 0.3) is 0 Å². The molecule has 0 aliphatic rings. The van der Waals surface area contributed by atoms with E-state index < -0.39 is 15.8 Å². The lowest BCUT2D eigenvalue weighted by atomic mass is 10.1. The Hall–Kier alpha value is -2.41. The first kappa shape index (κ1) is 18.9. The molecule has 25 heavy (non-hydrogen) atoms. The minimum absolute atomic E-state index is 0.0797. The number of hydrogen-bond acceptors (Lipinski definition) is 3. The number of halogens is 1. The van der Waals surface area contributed by atoms with Crippen LogP contribution in [0, 0.1) is 11.7 Å². The fourth-order valence-electron chi connectivity index (χ4n) is 2.16. The Bertz CT molecular complexity index is 834. The molecule has 0 saturated heterocycles.